The quantitative estimate of drug-likeness (QED) is 0.269. The molecule has 0 N–H and O–H groups in total. The molecule has 1 heterocycles. The van der Waals surface area contributed by atoms with Crippen LogP contribution in [-0.4, -0.2) is 17.3 Å². The lowest BCUT2D eigenvalue weighted by atomic mass is 10.1. The van der Waals surface area contributed by atoms with Gasteiger partial charge in [0.2, 0.25) is 0 Å². The summed E-state index contributed by atoms with van der Waals surface area (Å²) in [5.41, 5.74) is 2.41. The molecule has 0 spiro atoms. The van der Waals surface area contributed by atoms with Crippen LogP contribution in [0.15, 0.2) is 71.6 Å². The van der Waals surface area contributed by atoms with Crippen molar-refractivity contribution in [1.29, 1.82) is 0 Å². The van der Waals surface area contributed by atoms with Crippen molar-refractivity contribution in [2.45, 2.75) is 6.61 Å². The molecule has 162 valence electrons. The van der Waals surface area contributed by atoms with Gasteiger partial charge in [-0.05, 0) is 59.7 Å². The van der Waals surface area contributed by atoms with Crippen molar-refractivity contribution in [2.75, 3.05) is 12.0 Å². The van der Waals surface area contributed by atoms with Gasteiger partial charge in [0.15, 0.2) is 15.8 Å². The SMILES string of the molecule is COc1ccc(/C=C2/SC(=S)N(c3cccc(Cl)c3)C2=O)cc1OCc1ccc(Cl)cc1. The Kier molecular flexibility index (Phi) is 7.06. The van der Waals surface area contributed by atoms with Crippen LogP contribution in [0.2, 0.25) is 10.0 Å². The van der Waals surface area contributed by atoms with E-state index in [1.807, 2.05) is 36.4 Å². The second-order valence-corrected chi connectivity index (χ2v) is 9.37. The molecule has 0 aliphatic carbocycles. The maximum Gasteiger partial charge on any atom is 0.270 e. The fourth-order valence-corrected chi connectivity index (χ4v) is 4.70. The normalized spacial score (nSPS) is 14.8. The molecule has 1 fully saturated rings. The van der Waals surface area contributed by atoms with Crippen LogP contribution in [0.4, 0.5) is 5.69 Å². The van der Waals surface area contributed by atoms with E-state index in [0.29, 0.717) is 43.1 Å². The molecule has 0 bridgehead atoms. The zero-order valence-electron chi connectivity index (χ0n) is 16.9. The van der Waals surface area contributed by atoms with E-state index in [2.05, 4.69) is 0 Å². The predicted molar refractivity (Wildman–Crippen MR) is 136 cm³/mol. The number of carbonyl (C=O) groups excluding carboxylic acids is 1. The van der Waals surface area contributed by atoms with Crippen LogP contribution in [0.3, 0.4) is 0 Å². The second-order valence-electron chi connectivity index (χ2n) is 6.82. The number of thiocarbonyl (C=S) groups is 1. The Hall–Kier alpha value is -2.51. The smallest absolute Gasteiger partial charge is 0.270 e. The molecule has 3 aromatic rings. The number of anilines is 1. The van der Waals surface area contributed by atoms with Crippen LogP contribution in [0.1, 0.15) is 11.1 Å². The molecule has 0 aromatic heterocycles. The lowest BCUT2D eigenvalue weighted by Crippen LogP contribution is -2.27. The van der Waals surface area contributed by atoms with E-state index >= 15 is 0 Å². The van der Waals surface area contributed by atoms with Crippen LogP contribution in [0.5, 0.6) is 11.5 Å². The van der Waals surface area contributed by atoms with Gasteiger partial charge in [-0.15, -0.1) is 0 Å². The zero-order valence-corrected chi connectivity index (χ0v) is 20.0. The number of thioether (sulfide) groups is 1. The number of halogens is 2. The number of amides is 1. The Morgan fingerprint density at radius 3 is 2.50 bits per heavy atom. The minimum absolute atomic E-state index is 0.193. The fourth-order valence-electron chi connectivity index (χ4n) is 3.09. The first kappa shape index (κ1) is 22.7. The van der Waals surface area contributed by atoms with E-state index < -0.39 is 0 Å². The molecule has 0 atom stereocenters. The molecule has 3 aromatic carbocycles. The molecule has 4 nitrogen and oxygen atoms in total. The summed E-state index contributed by atoms with van der Waals surface area (Å²) in [5, 5.41) is 1.21. The summed E-state index contributed by atoms with van der Waals surface area (Å²) in [7, 11) is 1.58. The largest absolute Gasteiger partial charge is 0.493 e. The van der Waals surface area contributed by atoms with E-state index in [0.717, 1.165) is 11.1 Å². The Bertz CT molecular complexity index is 1210. The number of hydrogen-bond acceptors (Lipinski definition) is 5. The number of ether oxygens (including phenoxy) is 2. The molecule has 32 heavy (non-hydrogen) atoms. The minimum Gasteiger partial charge on any atom is -0.493 e. The van der Waals surface area contributed by atoms with Crippen molar-refractivity contribution >= 4 is 69.2 Å². The Morgan fingerprint density at radius 1 is 1.00 bits per heavy atom. The lowest BCUT2D eigenvalue weighted by molar-refractivity contribution is -0.113. The van der Waals surface area contributed by atoms with Crippen LogP contribution in [0.25, 0.3) is 6.08 Å². The van der Waals surface area contributed by atoms with Crippen molar-refractivity contribution < 1.29 is 14.3 Å². The standard InChI is InChI=1S/C24H17Cl2NO3S2/c1-29-20-10-7-16(11-21(20)30-14-15-5-8-17(25)9-6-15)12-22-23(28)27(24(31)32-22)19-4-2-3-18(26)13-19/h2-13H,14H2,1H3/b22-12+. The molecule has 1 amide bonds. The Morgan fingerprint density at radius 2 is 1.78 bits per heavy atom. The second kappa shape index (κ2) is 9.96. The van der Waals surface area contributed by atoms with Gasteiger partial charge in [0.25, 0.3) is 5.91 Å². The molecule has 4 rings (SSSR count). The van der Waals surface area contributed by atoms with E-state index in [9.17, 15) is 4.79 Å². The van der Waals surface area contributed by atoms with Gasteiger partial charge in [-0.3, -0.25) is 9.69 Å². The molecule has 0 unspecified atom stereocenters. The molecule has 1 saturated heterocycles. The monoisotopic (exact) mass is 501 g/mol. The fraction of sp³-hybridized carbons (Fsp3) is 0.0833. The van der Waals surface area contributed by atoms with E-state index in [1.165, 1.54) is 16.7 Å². The number of carbonyl (C=O) groups is 1. The molecule has 0 radical (unpaired) electrons. The maximum atomic E-state index is 13.0. The van der Waals surface area contributed by atoms with Crippen molar-refractivity contribution in [3.05, 3.63) is 92.8 Å². The summed E-state index contributed by atoms with van der Waals surface area (Å²) in [5.74, 6) is 0.978. The van der Waals surface area contributed by atoms with Gasteiger partial charge in [0.05, 0.1) is 17.7 Å². The maximum absolute atomic E-state index is 13.0. The summed E-state index contributed by atoms with van der Waals surface area (Å²) < 4.78 is 11.8. The highest BCUT2D eigenvalue weighted by molar-refractivity contribution is 8.27. The number of methoxy groups -OCH3 is 1. The zero-order chi connectivity index (χ0) is 22.7. The summed E-state index contributed by atoms with van der Waals surface area (Å²) in [4.78, 5) is 15.0. The van der Waals surface area contributed by atoms with Crippen molar-refractivity contribution in [3.63, 3.8) is 0 Å². The predicted octanol–water partition coefficient (Wildman–Crippen LogP) is 6.99. The van der Waals surface area contributed by atoms with Gasteiger partial charge < -0.3 is 9.47 Å². The molecular formula is C24H17Cl2NO3S2. The van der Waals surface area contributed by atoms with Gasteiger partial charge in [-0.25, -0.2) is 0 Å². The van der Waals surface area contributed by atoms with E-state index in [-0.39, 0.29) is 5.91 Å². The summed E-state index contributed by atoms with van der Waals surface area (Å²) >= 11 is 18.7. The molecule has 1 aliphatic heterocycles. The minimum atomic E-state index is -0.193. The van der Waals surface area contributed by atoms with E-state index in [1.54, 1.807) is 43.5 Å². The van der Waals surface area contributed by atoms with Crippen LogP contribution >= 0.6 is 47.2 Å². The number of benzene rings is 3. The van der Waals surface area contributed by atoms with Crippen molar-refractivity contribution in [2.24, 2.45) is 0 Å². The van der Waals surface area contributed by atoms with Gasteiger partial charge in [-0.1, -0.05) is 71.4 Å². The first-order valence-electron chi connectivity index (χ1n) is 9.53. The molecule has 8 heteroatoms. The Balaban J connectivity index is 1.57. The number of rotatable bonds is 6. The van der Waals surface area contributed by atoms with Gasteiger partial charge in [0, 0.05) is 10.0 Å². The Labute approximate surface area is 205 Å². The topological polar surface area (TPSA) is 38.8 Å². The highest BCUT2D eigenvalue weighted by Gasteiger charge is 2.33. The third-order valence-electron chi connectivity index (χ3n) is 4.65. The average Bonchev–Trinajstić information content (AvgIpc) is 3.06. The number of nitrogens with zero attached hydrogens (tertiary/aromatic N) is 1. The van der Waals surface area contributed by atoms with Gasteiger partial charge >= 0.3 is 0 Å². The summed E-state index contributed by atoms with van der Waals surface area (Å²) in [6.45, 7) is 0.355. The summed E-state index contributed by atoms with van der Waals surface area (Å²) in [6.07, 6.45) is 1.79. The van der Waals surface area contributed by atoms with Gasteiger partial charge in [-0.2, -0.15) is 0 Å². The highest BCUT2D eigenvalue weighted by atomic mass is 35.5. The molecular weight excluding hydrogens is 485 g/mol. The van der Waals surface area contributed by atoms with Crippen LogP contribution in [-0.2, 0) is 11.4 Å². The van der Waals surface area contributed by atoms with Crippen molar-refractivity contribution in [3.8, 4) is 11.5 Å². The van der Waals surface area contributed by atoms with Gasteiger partial charge in [0.1, 0.15) is 6.61 Å². The first-order valence-corrected chi connectivity index (χ1v) is 11.5. The first-order chi connectivity index (χ1) is 15.4. The van der Waals surface area contributed by atoms with Crippen LogP contribution < -0.4 is 14.4 Å². The van der Waals surface area contributed by atoms with Crippen molar-refractivity contribution in [1.82, 2.24) is 0 Å². The highest BCUT2D eigenvalue weighted by Crippen LogP contribution is 2.38. The molecule has 1 aliphatic rings. The lowest BCUT2D eigenvalue weighted by Gasteiger charge is -2.14. The van der Waals surface area contributed by atoms with E-state index in [4.69, 9.17) is 44.9 Å². The third kappa shape index (κ3) is 5.10. The average molecular weight is 502 g/mol. The van der Waals surface area contributed by atoms with Crippen LogP contribution in [0, 0.1) is 0 Å². The summed E-state index contributed by atoms with van der Waals surface area (Å²) in [6, 6.07) is 20.0. The molecule has 0 saturated carbocycles. The number of hydrogen-bond donors (Lipinski definition) is 0. The third-order valence-corrected chi connectivity index (χ3v) is 6.44.